The monoisotopic (exact) mass is 485 g/mol. The van der Waals surface area contributed by atoms with Gasteiger partial charge in [-0.15, -0.1) is 23.5 Å². The molecule has 0 spiro atoms. The molecule has 1 fully saturated rings. The summed E-state index contributed by atoms with van der Waals surface area (Å²) in [4.78, 5) is 46.1. The second kappa shape index (κ2) is 9.67. The van der Waals surface area contributed by atoms with E-state index >= 15 is 0 Å². The molecule has 2 amide bonds. The number of nitrogens with one attached hydrogen (secondary N) is 1. The van der Waals surface area contributed by atoms with Gasteiger partial charge in [0.1, 0.15) is 32.8 Å². The summed E-state index contributed by atoms with van der Waals surface area (Å²) >= 11 is 3.99. The topological polar surface area (TPSA) is 148 Å². The number of alkyl carbamates (subject to hydrolysis) is 1. The number of β-lactam (4-membered cyclic amide) rings is 1. The third-order valence-corrected chi connectivity index (χ3v) is 7.71. The van der Waals surface area contributed by atoms with Gasteiger partial charge in [0.15, 0.2) is 0 Å². The lowest BCUT2D eigenvalue weighted by atomic mass is 10.1. The third-order valence-electron chi connectivity index (χ3n) is 4.04. The van der Waals surface area contributed by atoms with Crippen molar-refractivity contribution < 1.29 is 24.2 Å². The molecule has 2 aliphatic rings. The van der Waals surface area contributed by atoms with Crippen molar-refractivity contribution in [2.45, 2.75) is 47.8 Å². The fourth-order valence-electron chi connectivity index (χ4n) is 2.78. The number of nitrogens with two attached hydrogens (primary N) is 1. The van der Waals surface area contributed by atoms with Gasteiger partial charge in [0.05, 0.1) is 0 Å². The molecule has 1 aromatic rings. The van der Waals surface area contributed by atoms with Gasteiger partial charge in [0.2, 0.25) is 5.91 Å². The fourth-order valence-corrected chi connectivity index (χ4v) is 6.14. The Labute approximate surface area is 192 Å². The van der Waals surface area contributed by atoms with Crippen molar-refractivity contribution in [1.82, 2.24) is 20.2 Å². The molecule has 31 heavy (non-hydrogen) atoms. The third kappa shape index (κ3) is 5.64. The lowest BCUT2D eigenvalue weighted by Gasteiger charge is -2.47. The molecule has 1 aromatic heterocycles. The van der Waals surface area contributed by atoms with Crippen LogP contribution in [-0.2, 0) is 14.3 Å². The molecule has 4 N–H and O–H groups in total. The maximum absolute atomic E-state index is 12.1. The molecule has 13 heteroatoms. The van der Waals surface area contributed by atoms with Gasteiger partial charge in [-0.05, 0) is 20.8 Å². The van der Waals surface area contributed by atoms with E-state index in [1.165, 1.54) is 46.4 Å². The van der Waals surface area contributed by atoms with Crippen molar-refractivity contribution in [2.75, 3.05) is 18.1 Å². The van der Waals surface area contributed by atoms with E-state index in [4.69, 9.17) is 10.5 Å². The van der Waals surface area contributed by atoms with Gasteiger partial charge in [-0.25, -0.2) is 19.6 Å². The van der Waals surface area contributed by atoms with Crippen LogP contribution in [0.25, 0.3) is 0 Å². The number of nitrogens with zero attached hydrogens (tertiary/aromatic N) is 3. The molecular weight excluding hydrogens is 462 g/mol. The molecule has 0 unspecified atom stereocenters. The van der Waals surface area contributed by atoms with Crippen LogP contribution in [0, 0.1) is 0 Å². The number of fused-ring (bicyclic) bond motifs is 1. The minimum atomic E-state index is -1.17. The van der Waals surface area contributed by atoms with Crippen LogP contribution in [0.5, 0.6) is 0 Å². The summed E-state index contributed by atoms with van der Waals surface area (Å²) in [7, 11) is 0. The van der Waals surface area contributed by atoms with Gasteiger partial charge >= 0.3 is 12.1 Å². The van der Waals surface area contributed by atoms with Crippen LogP contribution in [0.3, 0.4) is 0 Å². The smallest absolute Gasteiger partial charge is 0.407 e. The Morgan fingerprint density at radius 3 is 2.68 bits per heavy atom. The Hall–Kier alpha value is -1.96. The zero-order valence-corrected chi connectivity index (χ0v) is 19.6. The normalized spacial score (nSPS) is 20.8. The highest BCUT2D eigenvalue weighted by Crippen LogP contribution is 2.45. The number of aromatic nitrogens is 2. The van der Waals surface area contributed by atoms with Crippen LogP contribution in [0.2, 0.25) is 0 Å². The van der Waals surface area contributed by atoms with Crippen molar-refractivity contribution in [3.63, 3.8) is 0 Å². The van der Waals surface area contributed by atoms with Crippen molar-refractivity contribution in [2.24, 2.45) is 5.73 Å². The van der Waals surface area contributed by atoms with Crippen molar-refractivity contribution in [3.8, 4) is 0 Å². The highest BCUT2D eigenvalue weighted by Gasteiger charge is 2.52. The molecule has 0 aliphatic carbocycles. The number of hydrogen-bond donors (Lipinski definition) is 3. The van der Waals surface area contributed by atoms with E-state index in [0.29, 0.717) is 33.0 Å². The highest BCUT2D eigenvalue weighted by atomic mass is 32.2. The van der Waals surface area contributed by atoms with E-state index in [1.807, 2.05) is 0 Å². The van der Waals surface area contributed by atoms with Gasteiger partial charge < -0.3 is 20.9 Å². The molecule has 0 radical (unpaired) electrons. The van der Waals surface area contributed by atoms with Crippen molar-refractivity contribution in [3.05, 3.63) is 23.0 Å². The predicted octanol–water partition coefficient (Wildman–Crippen LogP) is 1.72. The van der Waals surface area contributed by atoms with Gasteiger partial charge in [-0.3, -0.25) is 9.69 Å². The number of hydrogen-bond acceptors (Lipinski definition) is 10. The second-order valence-corrected chi connectivity index (χ2v) is 10.8. The Kier molecular flexibility index (Phi) is 7.39. The number of rotatable bonds is 7. The highest BCUT2D eigenvalue weighted by molar-refractivity contribution is 8.07. The van der Waals surface area contributed by atoms with Gasteiger partial charge in [-0.2, -0.15) is 0 Å². The van der Waals surface area contributed by atoms with Crippen LogP contribution in [0.1, 0.15) is 20.8 Å². The SMILES string of the molecule is CC(C)(C)OC(=O)NCCSc1nccnc1SC1=C(C(=O)O)N2C(=O)[C@@H](N)[C@@H]2SC1. The fraction of sp³-hybridized carbons (Fsp3) is 0.500. The van der Waals surface area contributed by atoms with E-state index < -0.39 is 29.6 Å². The summed E-state index contributed by atoms with van der Waals surface area (Å²) < 4.78 is 5.19. The first-order chi connectivity index (χ1) is 14.6. The zero-order valence-electron chi connectivity index (χ0n) is 17.2. The number of carbonyl (C=O) groups excluding carboxylic acids is 2. The number of amides is 2. The summed E-state index contributed by atoms with van der Waals surface area (Å²) in [6.07, 6.45) is 2.57. The maximum Gasteiger partial charge on any atom is 0.407 e. The molecule has 3 rings (SSSR count). The standard InChI is InChI=1S/C18H23N5O5S3/c1-18(2,3)28-17(27)22-6-7-29-12-13(21-5-4-20-12)31-9-8-30-15-10(19)14(24)23(15)11(9)16(25)26/h4-5,10,15H,6-8,19H2,1-3H3,(H,22,27)(H,25,26)/t10-,15+/m1/s1. The first kappa shape index (κ1) is 23.7. The summed E-state index contributed by atoms with van der Waals surface area (Å²) in [6.45, 7) is 5.73. The molecule has 168 valence electrons. The Balaban J connectivity index is 1.66. The zero-order chi connectivity index (χ0) is 22.8. The molecule has 3 heterocycles. The molecule has 2 atom stereocenters. The van der Waals surface area contributed by atoms with E-state index in [0.717, 1.165) is 0 Å². The lowest BCUT2D eigenvalue weighted by Crippen LogP contribution is -2.68. The number of thioether (sulfide) groups is 3. The van der Waals surface area contributed by atoms with E-state index in [1.54, 1.807) is 27.0 Å². The molecule has 1 saturated heterocycles. The van der Waals surface area contributed by atoms with Crippen molar-refractivity contribution in [1.29, 1.82) is 0 Å². The Morgan fingerprint density at radius 2 is 2.03 bits per heavy atom. The van der Waals surface area contributed by atoms with Crippen LogP contribution < -0.4 is 11.1 Å². The van der Waals surface area contributed by atoms with E-state index in [9.17, 15) is 19.5 Å². The van der Waals surface area contributed by atoms with Crippen molar-refractivity contribution >= 4 is 53.3 Å². The number of carboxylic acids is 1. The van der Waals surface area contributed by atoms with E-state index in [-0.39, 0.29) is 11.1 Å². The molecule has 0 saturated carbocycles. The minimum Gasteiger partial charge on any atom is -0.477 e. The van der Waals surface area contributed by atoms with Gasteiger partial charge in [0, 0.05) is 35.3 Å². The molecular formula is C18H23N5O5S3. The average molecular weight is 486 g/mol. The predicted molar refractivity (Wildman–Crippen MR) is 119 cm³/mol. The summed E-state index contributed by atoms with van der Waals surface area (Å²) in [5, 5.41) is 13.1. The first-order valence-electron chi connectivity index (χ1n) is 9.33. The van der Waals surface area contributed by atoms with Crippen LogP contribution in [0.4, 0.5) is 4.79 Å². The summed E-state index contributed by atoms with van der Waals surface area (Å²) in [5.74, 6) is -0.635. The molecule has 0 aromatic carbocycles. The van der Waals surface area contributed by atoms with Gasteiger partial charge in [0.25, 0.3) is 0 Å². The minimum absolute atomic E-state index is 0.0476. The van der Waals surface area contributed by atoms with Crippen LogP contribution >= 0.6 is 35.3 Å². The van der Waals surface area contributed by atoms with Crippen LogP contribution in [0.15, 0.2) is 33.0 Å². The molecule has 2 aliphatic heterocycles. The summed E-state index contributed by atoms with van der Waals surface area (Å²) in [6, 6.07) is -0.675. The number of ether oxygens (including phenoxy) is 1. The summed E-state index contributed by atoms with van der Waals surface area (Å²) in [5.41, 5.74) is 5.17. The Morgan fingerprint density at radius 1 is 1.35 bits per heavy atom. The van der Waals surface area contributed by atoms with Crippen LogP contribution in [-0.4, -0.2) is 73.0 Å². The maximum atomic E-state index is 12.1. The van der Waals surface area contributed by atoms with E-state index in [2.05, 4.69) is 15.3 Å². The first-order valence-corrected chi connectivity index (χ1v) is 12.2. The average Bonchev–Trinajstić information content (AvgIpc) is 2.69. The second-order valence-electron chi connectivity index (χ2n) is 7.56. The molecule has 10 nitrogen and oxygen atoms in total. The number of carbonyl (C=O) groups is 3. The lowest BCUT2D eigenvalue weighted by molar-refractivity contribution is -0.147. The number of aliphatic carboxylic acids is 1. The largest absolute Gasteiger partial charge is 0.477 e. The quantitative estimate of drug-likeness (QED) is 0.294. The Bertz CT molecular complexity index is 920. The number of carboxylic acid groups (broad SMARTS) is 1. The van der Waals surface area contributed by atoms with Gasteiger partial charge in [-0.1, -0.05) is 11.8 Å². The molecule has 0 bridgehead atoms.